The molecule has 8 nitrogen and oxygen atoms in total. The second-order valence-corrected chi connectivity index (χ2v) is 11.5. The highest BCUT2D eigenvalue weighted by atomic mass is 35.5. The minimum Gasteiger partial charge on any atom is -0.467 e. The minimum atomic E-state index is -3.96. The maximum atomic E-state index is 13.9. The molecule has 2 aromatic heterocycles. The number of nitrogens with one attached hydrogen (secondary N) is 1. The van der Waals surface area contributed by atoms with E-state index in [1.54, 1.807) is 55.0 Å². The molecule has 1 N–H and O–H groups in total. The largest absolute Gasteiger partial charge is 0.467 e. The van der Waals surface area contributed by atoms with Gasteiger partial charge >= 0.3 is 0 Å². The maximum Gasteiger partial charge on any atom is 0.274 e. The van der Waals surface area contributed by atoms with Crippen LogP contribution in [0.25, 0.3) is 6.08 Å². The van der Waals surface area contributed by atoms with Crippen LogP contribution in [0.4, 0.5) is 5.69 Å². The number of hydrogen-bond acceptors (Lipinski definition) is 6. The van der Waals surface area contributed by atoms with Crippen molar-refractivity contribution in [3.8, 4) is 0 Å². The number of rotatable bonds is 6. The SMILES string of the molecule is O=C(c1cccc(S(=O)(=O)Nc2ccc(Cl)cc2)c1)N1N=C2/C(=C/c3ccco3)CCC[C@H]2[C@@H]1c1ccco1. The average molecular weight is 562 g/mol. The Hall–Kier alpha value is -4.08. The molecule has 3 heterocycles. The summed E-state index contributed by atoms with van der Waals surface area (Å²) >= 11 is 5.91. The van der Waals surface area contributed by atoms with E-state index >= 15 is 0 Å². The molecule has 0 bridgehead atoms. The van der Waals surface area contributed by atoms with E-state index in [4.69, 9.17) is 25.5 Å². The van der Waals surface area contributed by atoms with Crippen LogP contribution in [0.1, 0.15) is 47.2 Å². The highest BCUT2D eigenvalue weighted by Crippen LogP contribution is 2.45. The Morgan fingerprint density at radius 1 is 1.03 bits per heavy atom. The molecule has 1 amide bonds. The first-order valence-corrected chi connectivity index (χ1v) is 14.3. The highest BCUT2D eigenvalue weighted by Gasteiger charge is 2.45. The topological polar surface area (TPSA) is 105 Å². The van der Waals surface area contributed by atoms with E-state index in [0.29, 0.717) is 16.5 Å². The number of sulfonamides is 1. The third kappa shape index (κ3) is 5.03. The molecule has 1 aliphatic carbocycles. The van der Waals surface area contributed by atoms with Gasteiger partial charge in [-0.05, 0) is 97.6 Å². The van der Waals surface area contributed by atoms with E-state index in [-0.39, 0.29) is 16.4 Å². The number of carbonyl (C=O) groups excluding carboxylic acids is 1. The molecular weight excluding hydrogens is 538 g/mol. The molecule has 1 saturated carbocycles. The summed E-state index contributed by atoms with van der Waals surface area (Å²) < 4.78 is 40.0. The molecule has 1 fully saturated rings. The molecule has 0 spiro atoms. The van der Waals surface area contributed by atoms with Gasteiger partial charge in [-0.2, -0.15) is 5.10 Å². The Balaban J connectivity index is 1.34. The summed E-state index contributed by atoms with van der Waals surface area (Å²) in [5.41, 5.74) is 2.39. The van der Waals surface area contributed by atoms with Gasteiger partial charge in [0.1, 0.15) is 17.6 Å². The van der Waals surface area contributed by atoms with Crippen LogP contribution in [0, 0.1) is 5.92 Å². The lowest BCUT2D eigenvalue weighted by atomic mass is 9.79. The van der Waals surface area contributed by atoms with E-state index < -0.39 is 22.0 Å². The fourth-order valence-electron chi connectivity index (χ4n) is 5.11. The standard InChI is InChI=1S/C29H24ClN3O5S/c30-21-11-13-22(14-12-21)32-39(35,36)24-8-1-6-20(18-24)29(34)33-28(26-10-4-16-38-26)25-9-2-5-19(27(25)31-33)17-23-7-3-15-37-23/h1,3-4,6-8,10-18,25,28,32H,2,5,9H2/b19-17+/t25-,28-/m1/s1. The van der Waals surface area contributed by atoms with Crippen molar-refractivity contribution >= 4 is 45.0 Å². The molecule has 2 aromatic carbocycles. The van der Waals surface area contributed by atoms with Crippen molar-refractivity contribution in [3.05, 3.63) is 113 Å². The molecule has 198 valence electrons. The molecule has 0 saturated heterocycles. The van der Waals surface area contributed by atoms with Gasteiger partial charge in [-0.1, -0.05) is 17.7 Å². The molecule has 10 heteroatoms. The van der Waals surface area contributed by atoms with Gasteiger partial charge in [-0.3, -0.25) is 9.52 Å². The molecule has 4 aromatic rings. The molecule has 0 radical (unpaired) electrons. The van der Waals surface area contributed by atoms with Gasteiger partial charge in [0, 0.05) is 22.2 Å². The average Bonchev–Trinajstić information content (AvgIpc) is 3.71. The molecule has 6 rings (SSSR count). The van der Waals surface area contributed by atoms with Crippen LogP contribution in [0.2, 0.25) is 5.02 Å². The van der Waals surface area contributed by atoms with Gasteiger partial charge in [0.25, 0.3) is 15.9 Å². The Morgan fingerprint density at radius 2 is 1.82 bits per heavy atom. The number of hydrazone groups is 1. The minimum absolute atomic E-state index is 0.0412. The Kier molecular flexibility index (Phi) is 6.62. The van der Waals surface area contributed by atoms with Crippen molar-refractivity contribution < 1.29 is 22.0 Å². The number of amides is 1. The second-order valence-electron chi connectivity index (χ2n) is 9.42. The number of furan rings is 2. The van der Waals surface area contributed by atoms with Gasteiger partial charge in [0.05, 0.1) is 23.1 Å². The Bertz CT molecular complexity index is 1660. The van der Waals surface area contributed by atoms with Crippen LogP contribution in [-0.2, 0) is 10.0 Å². The fraction of sp³-hybridized carbons (Fsp3) is 0.172. The monoisotopic (exact) mass is 561 g/mol. The molecule has 0 unspecified atom stereocenters. The van der Waals surface area contributed by atoms with Crippen LogP contribution < -0.4 is 4.72 Å². The summed E-state index contributed by atoms with van der Waals surface area (Å²) in [5, 5.41) is 6.73. The van der Waals surface area contributed by atoms with E-state index in [0.717, 1.165) is 36.3 Å². The summed E-state index contributed by atoms with van der Waals surface area (Å²) in [6.45, 7) is 0. The number of anilines is 1. The molecular formula is C29H24ClN3O5S. The van der Waals surface area contributed by atoms with Crippen molar-refractivity contribution in [1.29, 1.82) is 0 Å². The third-order valence-corrected chi connectivity index (χ3v) is 8.52. The van der Waals surface area contributed by atoms with Crippen molar-refractivity contribution in [2.45, 2.75) is 30.2 Å². The Morgan fingerprint density at radius 3 is 2.56 bits per heavy atom. The van der Waals surface area contributed by atoms with Crippen LogP contribution in [0.5, 0.6) is 0 Å². The summed E-state index contributed by atoms with van der Waals surface area (Å²) in [5.74, 6) is 0.867. The van der Waals surface area contributed by atoms with Crippen LogP contribution in [0.15, 0.2) is 110 Å². The smallest absolute Gasteiger partial charge is 0.274 e. The zero-order valence-corrected chi connectivity index (χ0v) is 22.2. The summed E-state index contributed by atoms with van der Waals surface area (Å²) in [6, 6.07) is 19.1. The normalized spacial score (nSPS) is 20.1. The zero-order valence-electron chi connectivity index (χ0n) is 20.7. The molecule has 2 atom stereocenters. The van der Waals surface area contributed by atoms with Crippen molar-refractivity contribution in [1.82, 2.24) is 5.01 Å². The van der Waals surface area contributed by atoms with E-state index in [1.165, 1.54) is 17.1 Å². The Labute approximate surface area is 230 Å². The fourth-order valence-corrected chi connectivity index (χ4v) is 6.34. The maximum absolute atomic E-state index is 13.9. The summed E-state index contributed by atoms with van der Waals surface area (Å²) in [4.78, 5) is 13.9. The van der Waals surface area contributed by atoms with Gasteiger partial charge in [0.15, 0.2) is 0 Å². The predicted octanol–water partition coefficient (Wildman–Crippen LogP) is 6.76. The van der Waals surface area contributed by atoms with Crippen molar-refractivity contribution in [2.24, 2.45) is 11.0 Å². The van der Waals surface area contributed by atoms with E-state index in [2.05, 4.69) is 4.72 Å². The molecule has 2 aliphatic rings. The number of halogens is 1. The lowest BCUT2D eigenvalue weighted by Crippen LogP contribution is -2.31. The van der Waals surface area contributed by atoms with Crippen LogP contribution in [0.3, 0.4) is 0 Å². The molecule has 39 heavy (non-hydrogen) atoms. The zero-order chi connectivity index (χ0) is 27.0. The van der Waals surface area contributed by atoms with Gasteiger partial charge in [-0.15, -0.1) is 0 Å². The van der Waals surface area contributed by atoms with Crippen molar-refractivity contribution in [3.63, 3.8) is 0 Å². The number of hydrogen-bond donors (Lipinski definition) is 1. The van der Waals surface area contributed by atoms with Gasteiger partial charge in [-0.25, -0.2) is 13.4 Å². The first kappa shape index (κ1) is 25.2. The van der Waals surface area contributed by atoms with Crippen LogP contribution in [-0.4, -0.2) is 25.0 Å². The van der Waals surface area contributed by atoms with Gasteiger partial charge in [0.2, 0.25) is 0 Å². The second kappa shape index (κ2) is 10.2. The third-order valence-electron chi connectivity index (χ3n) is 6.89. The van der Waals surface area contributed by atoms with Crippen molar-refractivity contribution in [2.75, 3.05) is 4.72 Å². The summed E-state index contributed by atoms with van der Waals surface area (Å²) in [7, 11) is -3.96. The lowest BCUT2D eigenvalue weighted by Gasteiger charge is -2.27. The van der Waals surface area contributed by atoms with Gasteiger partial charge < -0.3 is 8.83 Å². The first-order valence-electron chi connectivity index (χ1n) is 12.5. The molecule has 1 aliphatic heterocycles. The highest BCUT2D eigenvalue weighted by molar-refractivity contribution is 7.92. The van der Waals surface area contributed by atoms with E-state index in [9.17, 15) is 13.2 Å². The number of carbonyl (C=O) groups is 1. The predicted molar refractivity (Wildman–Crippen MR) is 148 cm³/mol. The number of allylic oxidation sites excluding steroid dienone is 1. The lowest BCUT2D eigenvalue weighted by molar-refractivity contribution is 0.0656. The van der Waals surface area contributed by atoms with E-state index in [1.807, 2.05) is 24.3 Å². The number of benzene rings is 2. The quantitative estimate of drug-likeness (QED) is 0.280. The number of nitrogens with zero attached hydrogens (tertiary/aromatic N) is 2. The first-order chi connectivity index (χ1) is 18.9. The summed E-state index contributed by atoms with van der Waals surface area (Å²) in [6.07, 6.45) is 7.74. The van der Waals surface area contributed by atoms with Crippen LogP contribution >= 0.6 is 11.6 Å². The number of fused-ring (bicyclic) bond motifs is 1.